The Hall–Kier alpha value is -1.64. The van der Waals surface area contributed by atoms with Gasteiger partial charge in [0, 0.05) is 12.1 Å². The fourth-order valence-electron chi connectivity index (χ4n) is 3.76. The second-order valence-corrected chi connectivity index (χ2v) is 7.53. The zero-order valence-electron chi connectivity index (χ0n) is 16.7. The first kappa shape index (κ1) is 25.4. The maximum atomic E-state index is 13.6. The van der Waals surface area contributed by atoms with Gasteiger partial charge in [-0.3, -0.25) is 0 Å². The van der Waals surface area contributed by atoms with Crippen molar-refractivity contribution in [3.63, 3.8) is 0 Å². The van der Waals surface area contributed by atoms with E-state index in [0.717, 1.165) is 64.2 Å². The SMILES string of the molecule is NC(CCCCB(O)O)C1CCN(CCCc2ccc(F)cc2F)CC1.O=C=O. The number of likely N-dealkylation sites (tertiary alicyclic amines) is 1. The third-order valence-corrected chi connectivity index (χ3v) is 5.42. The lowest BCUT2D eigenvalue weighted by molar-refractivity contribution is -0.191. The van der Waals surface area contributed by atoms with Gasteiger partial charge in [-0.25, -0.2) is 8.78 Å². The first-order chi connectivity index (χ1) is 13.9. The highest BCUT2D eigenvalue weighted by Crippen LogP contribution is 2.23. The monoisotopic (exact) mass is 412 g/mol. The van der Waals surface area contributed by atoms with E-state index >= 15 is 0 Å². The van der Waals surface area contributed by atoms with Crippen molar-refractivity contribution in [3.05, 3.63) is 35.4 Å². The number of nitrogens with two attached hydrogens (primary N) is 1. The minimum absolute atomic E-state index is 0.182. The number of halogens is 2. The third kappa shape index (κ3) is 10.6. The molecule has 1 unspecified atom stereocenters. The molecule has 1 aromatic rings. The lowest BCUT2D eigenvalue weighted by Gasteiger charge is -2.34. The highest BCUT2D eigenvalue weighted by atomic mass is 19.1. The van der Waals surface area contributed by atoms with Gasteiger partial charge in [-0.1, -0.05) is 18.9 Å². The molecular weight excluding hydrogens is 381 g/mol. The molecule has 0 aliphatic carbocycles. The summed E-state index contributed by atoms with van der Waals surface area (Å²) in [6.45, 7) is 2.95. The van der Waals surface area contributed by atoms with Crippen LogP contribution in [0.5, 0.6) is 0 Å². The summed E-state index contributed by atoms with van der Waals surface area (Å²) in [5.74, 6) is -0.458. The van der Waals surface area contributed by atoms with Gasteiger partial charge in [0.15, 0.2) is 0 Å². The van der Waals surface area contributed by atoms with Crippen LogP contribution in [0.25, 0.3) is 0 Å². The molecule has 162 valence electrons. The van der Waals surface area contributed by atoms with Gasteiger partial charge >= 0.3 is 13.3 Å². The summed E-state index contributed by atoms with van der Waals surface area (Å²) in [6.07, 6.45) is 6.97. The highest BCUT2D eigenvalue weighted by Gasteiger charge is 2.23. The van der Waals surface area contributed by atoms with Gasteiger partial charge in [-0.2, -0.15) is 9.59 Å². The fraction of sp³-hybridized carbons (Fsp3) is 0.650. The van der Waals surface area contributed by atoms with E-state index in [1.54, 1.807) is 0 Å². The van der Waals surface area contributed by atoms with Gasteiger partial charge < -0.3 is 20.7 Å². The Morgan fingerprint density at radius 3 is 2.41 bits per heavy atom. The molecule has 29 heavy (non-hydrogen) atoms. The van der Waals surface area contributed by atoms with E-state index in [-0.39, 0.29) is 12.2 Å². The molecule has 0 radical (unpaired) electrons. The molecule has 4 N–H and O–H groups in total. The van der Waals surface area contributed by atoms with E-state index in [1.165, 1.54) is 12.1 Å². The zero-order chi connectivity index (χ0) is 21.6. The van der Waals surface area contributed by atoms with Gasteiger partial charge in [-0.05, 0) is 75.6 Å². The molecule has 0 spiro atoms. The molecule has 0 amide bonds. The van der Waals surface area contributed by atoms with Crippen LogP contribution in [0.4, 0.5) is 8.78 Å². The molecule has 1 saturated heterocycles. The van der Waals surface area contributed by atoms with Crippen molar-refractivity contribution < 1.29 is 28.4 Å². The Kier molecular flexibility index (Phi) is 12.6. The first-order valence-corrected chi connectivity index (χ1v) is 10.1. The van der Waals surface area contributed by atoms with Crippen molar-refractivity contribution in [3.8, 4) is 0 Å². The predicted molar refractivity (Wildman–Crippen MR) is 106 cm³/mol. The highest BCUT2D eigenvalue weighted by molar-refractivity contribution is 6.40. The average molecular weight is 412 g/mol. The lowest BCUT2D eigenvalue weighted by atomic mass is 9.82. The molecule has 6 nitrogen and oxygen atoms in total. The van der Waals surface area contributed by atoms with E-state index in [9.17, 15) is 8.78 Å². The Morgan fingerprint density at radius 2 is 1.83 bits per heavy atom. The standard InChI is InChI=1S/C19H31BF2N2O2.CO2/c21-17-7-6-15(18(22)14-17)4-3-11-24-12-8-16(9-13-24)19(23)5-1-2-10-20(25)26;2-1-3/h6-7,14,16,19,25-26H,1-5,8-13,23H2;. The summed E-state index contributed by atoms with van der Waals surface area (Å²) in [5.41, 5.74) is 6.88. The van der Waals surface area contributed by atoms with Crippen molar-refractivity contribution in [1.29, 1.82) is 0 Å². The van der Waals surface area contributed by atoms with Crippen molar-refractivity contribution in [2.45, 2.75) is 57.3 Å². The summed E-state index contributed by atoms with van der Waals surface area (Å²) in [7, 11) is -1.21. The molecule has 1 heterocycles. The Morgan fingerprint density at radius 1 is 1.17 bits per heavy atom. The van der Waals surface area contributed by atoms with Gasteiger partial charge in [0.2, 0.25) is 0 Å². The predicted octanol–water partition coefficient (Wildman–Crippen LogP) is 2.00. The number of carbonyl (C=O) groups excluding carboxylic acids is 2. The van der Waals surface area contributed by atoms with Gasteiger partial charge in [0.1, 0.15) is 11.6 Å². The second-order valence-electron chi connectivity index (χ2n) is 7.53. The minimum Gasteiger partial charge on any atom is -0.427 e. The fourth-order valence-corrected chi connectivity index (χ4v) is 3.76. The van der Waals surface area contributed by atoms with Crippen LogP contribution in [0, 0.1) is 17.6 Å². The first-order valence-electron chi connectivity index (χ1n) is 10.1. The molecule has 1 aliphatic heterocycles. The summed E-state index contributed by atoms with van der Waals surface area (Å²) in [4.78, 5) is 18.6. The Balaban J connectivity index is 0.00000132. The molecule has 0 saturated carbocycles. The summed E-state index contributed by atoms with van der Waals surface area (Å²) >= 11 is 0. The van der Waals surface area contributed by atoms with Gasteiger partial charge in [0.05, 0.1) is 0 Å². The number of hydrogen-bond acceptors (Lipinski definition) is 6. The smallest absolute Gasteiger partial charge is 0.427 e. The maximum absolute atomic E-state index is 13.6. The number of aryl methyl sites for hydroxylation is 1. The number of benzene rings is 1. The largest absolute Gasteiger partial charge is 0.451 e. The molecule has 0 aromatic heterocycles. The van der Waals surface area contributed by atoms with E-state index in [2.05, 4.69) is 4.90 Å². The van der Waals surface area contributed by atoms with Gasteiger partial charge in [0.25, 0.3) is 0 Å². The molecule has 2 rings (SSSR count). The van der Waals surface area contributed by atoms with Crippen LogP contribution >= 0.6 is 0 Å². The van der Waals surface area contributed by atoms with Crippen LogP contribution in [-0.2, 0) is 16.0 Å². The van der Waals surface area contributed by atoms with Crippen LogP contribution in [0.15, 0.2) is 18.2 Å². The van der Waals surface area contributed by atoms with Crippen LogP contribution in [-0.4, -0.2) is 53.9 Å². The topological polar surface area (TPSA) is 104 Å². The van der Waals surface area contributed by atoms with Crippen molar-refractivity contribution >= 4 is 13.3 Å². The Labute approximate surface area is 171 Å². The van der Waals surface area contributed by atoms with Crippen molar-refractivity contribution in [1.82, 2.24) is 4.90 Å². The van der Waals surface area contributed by atoms with E-state index in [1.807, 2.05) is 0 Å². The molecule has 9 heteroatoms. The number of rotatable bonds is 10. The molecule has 1 aliphatic rings. The summed E-state index contributed by atoms with van der Waals surface area (Å²) < 4.78 is 26.5. The van der Waals surface area contributed by atoms with E-state index in [0.29, 0.717) is 24.2 Å². The third-order valence-electron chi connectivity index (χ3n) is 5.42. The molecule has 1 atom stereocenters. The number of nitrogens with zero attached hydrogens (tertiary/aromatic N) is 1. The summed E-state index contributed by atoms with van der Waals surface area (Å²) in [5, 5.41) is 17.7. The van der Waals surface area contributed by atoms with Crippen molar-refractivity contribution in [2.75, 3.05) is 19.6 Å². The molecule has 0 bridgehead atoms. The maximum Gasteiger partial charge on any atom is 0.451 e. The van der Waals surface area contributed by atoms with Crippen LogP contribution in [0.1, 0.15) is 44.1 Å². The normalized spacial score (nSPS) is 15.9. The van der Waals surface area contributed by atoms with E-state index < -0.39 is 18.8 Å². The van der Waals surface area contributed by atoms with Crippen LogP contribution in [0.3, 0.4) is 0 Å². The molecule has 1 aromatic carbocycles. The molecular formula is C20H31BF2N2O4. The minimum atomic E-state index is -1.21. The average Bonchev–Trinajstić information content (AvgIpc) is 2.68. The zero-order valence-corrected chi connectivity index (χ0v) is 16.7. The molecule has 1 fully saturated rings. The Bertz CT molecular complexity index is 622. The quantitative estimate of drug-likeness (QED) is 0.401. The number of unbranched alkanes of at least 4 members (excludes halogenated alkanes) is 1. The lowest BCUT2D eigenvalue weighted by Crippen LogP contribution is -2.41. The number of hydrogen-bond donors (Lipinski definition) is 3. The second kappa shape index (κ2) is 14.4. The van der Waals surface area contributed by atoms with Crippen molar-refractivity contribution in [2.24, 2.45) is 11.7 Å². The summed E-state index contributed by atoms with van der Waals surface area (Å²) in [6, 6.07) is 3.98. The van der Waals surface area contributed by atoms with Crippen LogP contribution in [0.2, 0.25) is 6.32 Å². The van der Waals surface area contributed by atoms with Gasteiger partial charge in [-0.15, -0.1) is 0 Å². The number of piperidine rings is 1. The van der Waals surface area contributed by atoms with Crippen LogP contribution < -0.4 is 5.73 Å². The van der Waals surface area contributed by atoms with E-state index in [4.69, 9.17) is 25.4 Å².